The van der Waals surface area contributed by atoms with Gasteiger partial charge in [-0.1, -0.05) is 0 Å². The Hall–Kier alpha value is -0.870. The maximum absolute atomic E-state index is 10.5. The Balaban J connectivity index is 1.76. The average Bonchev–Trinajstić information content (AvgIpc) is 2.79. The first-order chi connectivity index (χ1) is 8.16. The molecule has 0 aromatic carbocycles. The molecular weight excluding hydrogens is 214 g/mol. The lowest BCUT2D eigenvalue weighted by molar-refractivity contribution is 0.0293. The van der Waals surface area contributed by atoms with Gasteiger partial charge in [0.15, 0.2) is 0 Å². The second-order valence-electron chi connectivity index (χ2n) is 5.62. The van der Waals surface area contributed by atoms with Crippen molar-refractivity contribution < 1.29 is 5.11 Å². The number of aryl methyl sites for hydroxylation is 1. The molecule has 2 aliphatic heterocycles. The van der Waals surface area contributed by atoms with E-state index in [1.165, 1.54) is 12.8 Å². The van der Waals surface area contributed by atoms with E-state index >= 15 is 0 Å². The van der Waals surface area contributed by atoms with Gasteiger partial charge in [0, 0.05) is 31.5 Å². The summed E-state index contributed by atoms with van der Waals surface area (Å²) in [5.41, 5.74) is 0. The van der Waals surface area contributed by atoms with E-state index in [2.05, 4.69) is 16.9 Å². The number of fused-ring (bicyclic) bond motifs is 2. The van der Waals surface area contributed by atoms with Gasteiger partial charge >= 0.3 is 0 Å². The third-order valence-electron chi connectivity index (χ3n) is 4.70. The molecule has 4 heteroatoms. The smallest absolute Gasteiger partial charge is 0.137 e. The van der Waals surface area contributed by atoms with Gasteiger partial charge in [0.2, 0.25) is 0 Å². The van der Waals surface area contributed by atoms with Crippen molar-refractivity contribution in [1.82, 2.24) is 14.5 Å². The molecule has 4 nitrogen and oxygen atoms in total. The van der Waals surface area contributed by atoms with Crippen LogP contribution in [-0.4, -0.2) is 38.7 Å². The lowest BCUT2D eigenvalue weighted by atomic mass is 9.86. The first kappa shape index (κ1) is 11.2. The minimum atomic E-state index is -0.396. The van der Waals surface area contributed by atoms with Crippen LogP contribution in [0.15, 0.2) is 12.4 Å². The summed E-state index contributed by atoms with van der Waals surface area (Å²) in [5.74, 6) is 1.20. The summed E-state index contributed by atoms with van der Waals surface area (Å²) in [7, 11) is 4.18. The van der Waals surface area contributed by atoms with Crippen LogP contribution in [0.1, 0.15) is 37.6 Å². The Morgan fingerprint density at radius 3 is 2.47 bits per heavy atom. The van der Waals surface area contributed by atoms with E-state index in [9.17, 15) is 5.11 Å². The van der Waals surface area contributed by atoms with Gasteiger partial charge in [-0.3, -0.25) is 0 Å². The minimum absolute atomic E-state index is 0.379. The zero-order chi connectivity index (χ0) is 12.0. The summed E-state index contributed by atoms with van der Waals surface area (Å²) < 4.78 is 1.94. The van der Waals surface area contributed by atoms with Gasteiger partial charge in [-0.15, -0.1) is 0 Å². The molecule has 3 heterocycles. The Morgan fingerprint density at radius 2 is 1.94 bits per heavy atom. The summed E-state index contributed by atoms with van der Waals surface area (Å²) in [4.78, 5) is 6.78. The average molecular weight is 235 g/mol. The van der Waals surface area contributed by atoms with Crippen LogP contribution in [0.5, 0.6) is 0 Å². The van der Waals surface area contributed by atoms with Gasteiger partial charge in [-0.25, -0.2) is 4.98 Å². The lowest BCUT2D eigenvalue weighted by Crippen LogP contribution is -2.41. The fourth-order valence-corrected chi connectivity index (χ4v) is 3.58. The van der Waals surface area contributed by atoms with E-state index in [0.717, 1.165) is 18.7 Å². The molecule has 0 radical (unpaired) electrons. The molecule has 0 saturated carbocycles. The van der Waals surface area contributed by atoms with Crippen molar-refractivity contribution in [3.63, 3.8) is 0 Å². The molecule has 94 valence electrons. The van der Waals surface area contributed by atoms with Gasteiger partial charge in [0.25, 0.3) is 0 Å². The Morgan fingerprint density at radius 1 is 1.29 bits per heavy atom. The summed E-state index contributed by atoms with van der Waals surface area (Å²) >= 11 is 0. The Kier molecular flexibility index (Phi) is 2.71. The van der Waals surface area contributed by atoms with Crippen LogP contribution in [0, 0.1) is 5.92 Å². The molecule has 1 aromatic rings. The van der Waals surface area contributed by atoms with Crippen LogP contribution in [0.3, 0.4) is 0 Å². The number of rotatable bonds is 2. The van der Waals surface area contributed by atoms with Crippen LogP contribution in [-0.2, 0) is 7.05 Å². The van der Waals surface area contributed by atoms with Crippen LogP contribution < -0.4 is 0 Å². The molecule has 3 rings (SSSR count). The summed E-state index contributed by atoms with van der Waals surface area (Å²) in [6.45, 7) is 0. The maximum atomic E-state index is 10.5. The van der Waals surface area contributed by atoms with E-state index in [0.29, 0.717) is 18.0 Å². The van der Waals surface area contributed by atoms with Gasteiger partial charge in [0.05, 0.1) is 0 Å². The molecular formula is C13H21N3O. The zero-order valence-corrected chi connectivity index (χ0v) is 10.6. The molecule has 17 heavy (non-hydrogen) atoms. The highest BCUT2D eigenvalue weighted by atomic mass is 16.3. The maximum Gasteiger partial charge on any atom is 0.137 e. The van der Waals surface area contributed by atoms with Crippen molar-refractivity contribution in [2.75, 3.05) is 7.05 Å². The van der Waals surface area contributed by atoms with Crippen LogP contribution >= 0.6 is 0 Å². The fourth-order valence-electron chi connectivity index (χ4n) is 3.58. The van der Waals surface area contributed by atoms with Crippen molar-refractivity contribution in [2.24, 2.45) is 13.0 Å². The van der Waals surface area contributed by atoms with Crippen LogP contribution in [0.25, 0.3) is 0 Å². The monoisotopic (exact) mass is 235 g/mol. The fraction of sp³-hybridized carbons (Fsp3) is 0.769. The lowest BCUT2D eigenvalue weighted by Gasteiger charge is -2.38. The summed E-state index contributed by atoms with van der Waals surface area (Å²) in [5, 5.41) is 10.5. The predicted molar refractivity (Wildman–Crippen MR) is 65.5 cm³/mol. The first-order valence-electron chi connectivity index (χ1n) is 6.54. The summed E-state index contributed by atoms with van der Waals surface area (Å²) in [6.07, 6.45) is 8.09. The quantitative estimate of drug-likeness (QED) is 0.840. The molecule has 2 fully saturated rings. The SMILES string of the molecule is CN1C2CCC1CC(C(O)c1nccn1C)C2. The minimum Gasteiger partial charge on any atom is -0.385 e. The number of hydrogen-bond donors (Lipinski definition) is 1. The van der Waals surface area contributed by atoms with E-state index in [-0.39, 0.29) is 0 Å². The van der Waals surface area contributed by atoms with E-state index in [1.54, 1.807) is 6.20 Å². The van der Waals surface area contributed by atoms with Gasteiger partial charge in [0.1, 0.15) is 11.9 Å². The van der Waals surface area contributed by atoms with Crippen molar-refractivity contribution >= 4 is 0 Å². The molecule has 0 aliphatic carbocycles. The van der Waals surface area contributed by atoms with Gasteiger partial charge in [-0.05, 0) is 38.6 Å². The molecule has 2 saturated heterocycles. The molecule has 0 amide bonds. The number of aromatic nitrogens is 2. The number of nitrogens with zero attached hydrogens (tertiary/aromatic N) is 3. The highest BCUT2D eigenvalue weighted by Crippen LogP contribution is 2.41. The van der Waals surface area contributed by atoms with E-state index in [1.807, 2.05) is 17.8 Å². The standard InChI is InChI=1S/C13H21N3O/c1-15-6-5-14-13(15)12(17)9-7-10-3-4-11(8-9)16(10)2/h5-6,9-12,17H,3-4,7-8H2,1-2H3. The Labute approximate surface area is 102 Å². The highest BCUT2D eigenvalue weighted by molar-refractivity contribution is 5.02. The van der Waals surface area contributed by atoms with E-state index < -0.39 is 6.10 Å². The summed E-state index contributed by atoms with van der Waals surface area (Å²) in [6, 6.07) is 1.35. The number of aliphatic hydroxyl groups is 1. The molecule has 0 spiro atoms. The van der Waals surface area contributed by atoms with Crippen molar-refractivity contribution in [2.45, 2.75) is 43.9 Å². The molecule has 2 bridgehead atoms. The number of piperidine rings is 1. The molecule has 1 N–H and O–H groups in total. The van der Waals surface area contributed by atoms with E-state index in [4.69, 9.17) is 0 Å². The molecule has 1 aromatic heterocycles. The number of imidazole rings is 1. The molecule has 3 atom stereocenters. The van der Waals surface area contributed by atoms with Crippen molar-refractivity contribution in [3.8, 4) is 0 Å². The predicted octanol–water partition coefficient (Wildman–Crippen LogP) is 1.33. The Bertz CT molecular complexity index is 389. The third kappa shape index (κ3) is 1.79. The first-order valence-corrected chi connectivity index (χ1v) is 6.54. The molecule has 2 aliphatic rings. The third-order valence-corrected chi connectivity index (χ3v) is 4.70. The van der Waals surface area contributed by atoms with Crippen LogP contribution in [0.4, 0.5) is 0 Å². The van der Waals surface area contributed by atoms with Gasteiger partial charge in [-0.2, -0.15) is 0 Å². The molecule has 3 unspecified atom stereocenters. The van der Waals surface area contributed by atoms with Gasteiger partial charge < -0.3 is 14.6 Å². The van der Waals surface area contributed by atoms with Crippen LogP contribution in [0.2, 0.25) is 0 Å². The topological polar surface area (TPSA) is 41.3 Å². The second kappa shape index (κ2) is 4.10. The largest absolute Gasteiger partial charge is 0.385 e. The van der Waals surface area contributed by atoms with Crippen molar-refractivity contribution in [1.29, 1.82) is 0 Å². The highest BCUT2D eigenvalue weighted by Gasteiger charge is 2.41. The normalized spacial score (nSPS) is 35.1. The number of aliphatic hydroxyl groups excluding tert-OH is 1. The van der Waals surface area contributed by atoms with Crippen molar-refractivity contribution in [3.05, 3.63) is 18.2 Å². The zero-order valence-electron chi connectivity index (χ0n) is 10.6. The second-order valence-corrected chi connectivity index (χ2v) is 5.62. The number of hydrogen-bond acceptors (Lipinski definition) is 3.